The predicted octanol–water partition coefficient (Wildman–Crippen LogP) is 0.969. The summed E-state index contributed by atoms with van der Waals surface area (Å²) >= 11 is 0. The smallest absolute Gasteiger partial charge is 0.219 e. The molecule has 0 atom stereocenters. The minimum atomic E-state index is 0.0838. The molecular formula is C19H25N7O. The Kier molecular flexibility index (Phi) is 5.26. The molecule has 0 aliphatic carbocycles. The van der Waals surface area contributed by atoms with Crippen molar-refractivity contribution in [2.75, 3.05) is 31.5 Å². The van der Waals surface area contributed by atoms with Crippen LogP contribution in [0.3, 0.4) is 0 Å². The molecule has 1 saturated heterocycles. The highest BCUT2D eigenvalue weighted by Gasteiger charge is 2.24. The van der Waals surface area contributed by atoms with E-state index in [9.17, 15) is 4.79 Å². The summed E-state index contributed by atoms with van der Waals surface area (Å²) in [5.74, 6) is 2.28. The zero-order valence-corrected chi connectivity index (χ0v) is 15.5. The van der Waals surface area contributed by atoms with Crippen molar-refractivity contribution < 1.29 is 4.79 Å². The second-order valence-electron chi connectivity index (χ2n) is 7.09. The van der Waals surface area contributed by atoms with Gasteiger partial charge in [0.15, 0.2) is 5.82 Å². The Labute approximate surface area is 158 Å². The Morgan fingerprint density at radius 3 is 2.78 bits per heavy atom. The van der Waals surface area contributed by atoms with Gasteiger partial charge in [0.05, 0.1) is 12.2 Å². The quantitative estimate of drug-likeness (QED) is 0.725. The molecule has 3 N–H and O–H groups in total. The van der Waals surface area contributed by atoms with Crippen molar-refractivity contribution in [1.29, 1.82) is 0 Å². The van der Waals surface area contributed by atoms with Crippen molar-refractivity contribution in [3.63, 3.8) is 0 Å². The van der Waals surface area contributed by atoms with Gasteiger partial charge in [-0.15, -0.1) is 0 Å². The number of anilines is 1. The molecule has 2 aliphatic rings. The summed E-state index contributed by atoms with van der Waals surface area (Å²) in [5.41, 5.74) is 9.34. The Morgan fingerprint density at radius 1 is 1.26 bits per heavy atom. The normalized spacial score (nSPS) is 17.0. The monoisotopic (exact) mass is 367 g/mol. The summed E-state index contributed by atoms with van der Waals surface area (Å²) in [6, 6.07) is 3.82. The third-order valence-electron chi connectivity index (χ3n) is 5.20. The van der Waals surface area contributed by atoms with Crippen LogP contribution >= 0.6 is 0 Å². The zero-order valence-electron chi connectivity index (χ0n) is 15.5. The molecule has 4 rings (SSSR count). The van der Waals surface area contributed by atoms with Crippen molar-refractivity contribution in [3.05, 3.63) is 35.8 Å². The van der Waals surface area contributed by atoms with E-state index in [-0.39, 0.29) is 5.91 Å². The minimum absolute atomic E-state index is 0.0838. The Hall–Kier alpha value is -2.58. The molecule has 4 heterocycles. The fourth-order valence-electron chi connectivity index (χ4n) is 3.58. The highest BCUT2D eigenvalue weighted by atomic mass is 16.2. The fraction of sp³-hybridized carbons (Fsp3) is 0.474. The maximum Gasteiger partial charge on any atom is 0.219 e. The molecule has 0 bridgehead atoms. The summed E-state index contributed by atoms with van der Waals surface area (Å²) in [4.78, 5) is 27.3. The number of hydrogen-bond acceptors (Lipinski definition) is 7. The molecule has 8 heteroatoms. The second kappa shape index (κ2) is 7.98. The van der Waals surface area contributed by atoms with Gasteiger partial charge in [0, 0.05) is 56.6 Å². The summed E-state index contributed by atoms with van der Waals surface area (Å²) in [5, 5.41) is 3.53. The van der Waals surface area contributed by atoms with Gasteiger partial charge in [-0.1, -0.05) is 0 Å². The van der Waals surface area contributed by atoms with Gasteiger partial charge in [-0.2, -0.15) is 0 Å². The topological polar surface area (TPSA) is 95.1 Å². The van der Waals surface area contributed by atoms with Crippen LogP contribution < -0.4 is 16.2 Å². The number of fused-ring (bicyclic) bond motifs is 1. The lowest BCUT2D eigenvalue weighted by atomic mass is 10.0. The van der Waals surface area contributed by atoms with Crippen LogP contribution in [-0.4, -0.2) is 51.9 Å². The van der Waals surface area contributed by atoms with Crippen molar-refractivity contribution in [3.8, 4) is 11.4 Å². The van der Waals surface area contributed by atoms with Gasteiger partial charge in [0.2, 0.25) is 5.91 Å². The number of hydrogen-bond donors (Lipinski definition) is 3. The lowest BCUT2D eigenvalue weighted by Gasteiger charge is -2.28. The van der Waals surface area contributed by atoms with E-state index in [2.05, 4.69) is 21.2 Å². The van der Waals surface area contributed by atoms with Crippen LogP contribution in [0.1, 0.15) is 24.6 Å². The molecule has 0 aromatic carbocycles. The van der Waals surface area contributed by atoms with Crippen LogP contribution in [-0.2, 0) is 17.8 Å². The van der Waals surface area contributed by atoms with E-state index < -0.39 is 0 Å². The third-order valence-corrected chi connectivity index (χ3v) is 5.20. The predicted molar refractivity (Wildman–Crippen MR) is 103 cm³/mol. The van der Waals surface area contributed by atoms with Crippen LogP contribution in [0.4, 0.5) is 5.82 Å². The molecule has 1 fully saturated rings. The molecule has 27 heavy (non-hydrogen) atoms. The molecule has 2 aromatic heterocycles. The Balaban J connectivity index is 1.60. The van der Waals surface area contributed by atoms with Crippen LogP contribution in [0.2, 0.25) is 0 Å². The SMILES string of the molecule is CC(=O)N1CCc2c(nc(-c3ccncc3)nc2NCCC2CNNC2)C1. The first-order valence-electron chi connectivity index (χ1n) is 9.46. The first-order valence-corrected chi connectivity index (χ1v) is 9.46. The molecule has 2 aliphatic heterocycles. The summed E-state index contributed by atoms with van der Waals surface area (Å²) in [6.45, 7) is 5.73. The van der Waals surface area contributed by atoms with Gasteiger partial charge in [-0.3, -0.25) is 20.6 Å². The van der Waals surface area contributed by atoms with Gasteiger partial charge >= 0.3 is 0 Å². The number of hydrazine groups is 1. The molecule has 2 aromatic rings. The molecule has 8 nitrogen and oxygen atoms in total. The molecule has 1 amide bonds. The number of carbonyl (C=O) groups excluding carboxylic acids is 1. The number of nitrogens with one attached hydrogen (secondary N) is 3. The first-order chi connectivity index (χ1) is 13.2. The molecule has 0 saturated carbocycles. The summed E-state index contributed by atoms with van der Waals surface area (Å²) in [7, 11) is 0. The summed E-state index contributed by atoms with van der Waals surface area (Å²) in [6.07, 6.45) is 5.34. The maximum absolute atomic E-state index is 11.8. The highest BCUT2D eigenvalue weighted by molar-refractivity contribution is 5.74. The molecule has 0 spiro atoms. The van der Waals surface area contributed by atoms with Crippen LogP contribution in [0, 0.1) is 5.92 Å². The first kappa shape index (κ1) is 17.8. The average Bonchev–Trinajstić information content (AvgIpc) is 3.21. The van der Waals surface area contributed by atoms with Gasteiger partial charge in [0.1, 0.15) is 5.82 Å². The summed E-state index contributed by atoms with van der Waals surface area (Å²) < 4.78 is 0. The van der Waals surface area contributed by atoms with Crippen LogP contribution in [0.5, 0.6) is 0 Å². The van der Waals surface area contributed by atoms with Crippen molar-refractivity contribution in [2.24, 2.45) is 5.92 Å². The molecule has 0 radical (unpaired) electrons. The van der Waals surface area contributed by atoms with E-state index in [1.807, 2.05) is 17.0 Å². The van der Waals surface area contributed by atoms with Crippen molar-refractivity contribution in [1.82, 2.24) is 30.7 Å². The lowest BCUT2D eigenvalue weighted by Crippen LogP contribution is -2.35. The van der Waals surface area contributed by atoms with E-state index in [1.54, 1.807) is 19.3 Å². The van der Waals surface area contributed by atoms with Crippen LogP contribution in [0.15, 0.2) is 24.5 Å². The largest absolute Gasteiger partial charge is 0.370 e. The number of carbonyl (C=O) groups is 1. The number of pyridine rings is 1. The van der Waals surface area contributed by atoms with Crippen LogP contribution in [0.25, 0.3) is 11.4 Å². The van der Waals surface area contributed by atoms with Gasteiger partial charge in [0.25, 0.3) is 0 Å². The van der Waals surface area contributed by atoms with Crippen molar-refractivity contribution in [2.45, 2.75) is 26.3 Å². The Morgan fingerprint density at radius 2 is 2.04 bits per heavy atom. The minimum Gasteiger partial charge on any atom is -0.370 e. The van der Waals surface area contributed by atoms with E-state index in [4.69, 9.17) is 9.97 Å². The maximum atomic E-state index is 11.8. The fourth-order valence-corrected chi connectivity index (χ4v) is 3.58. The number of nitrogens with zero attached hydrogens (tertiary/aromatic N) is 4. The van der Waals surface area contributed by atoms with Gasteiger partial charge in [-0.25, -0.2) is 9.97 Å². The van der Waals surface area contributed by atoms with E-state index in [0.29, 0.717) is 24.8 Å². The highest BCUT2D eigenvalue weighted by Crippen LogP contribution is 2.27. The second-order valence-corrected chi connectivity index (χ2v) is 7.09. The average molecular weight is 367 g/mol. The number of amides is 1. The standard InChI is InChI=1S/C19H25N7O/c1-13(27)26-9-5-16-17(12-26)24-18(15-3-6-20-7-4-15)25-19(16)21-8-2-14-10-22-23-11-14/h3-4,6-7,14,22-23H,2,5,8-12H2,1H3,(H,21,24,25). The van der Waals surface area contributed by atoms with E-state index in [1.165, 1.54) is 0 Å². The molecule has 142 valence electrons. The zero-order chi connectivity index (χ0) is 18.6. The number of rotatable bonds is 5. The number of aromatic nitrogens is 3. The van der Waals surface area contributed by atoms with E-state index in [0.717, 1.165) is 55.1 Å². The molecular weight excluding hydrogens is 342 g/mol. The third kappa shape index (κ3) is 4.06. The lowest BCUT2D eigenvalue weighted by molar-refractivity contribution is -0.129. The van der Waals surface area contributed by atoms with E-state index >= 15 is 0 Å². The van der Waals surface area contributed by atoms with Crippen molar-refractivity contribution >= 4 is 11.7 Å². The molecule has 0 unspecified atom stereocenters. The van der Waals surface area contributed by atoms with Gasteiger partial charge < -0.3 is 10.2 Å². The Bertz CT molecular complexity index is 805. The van der Waals surface area contributed by atoms with Gasteiger partial charge in [-0.05, 0) is 30.9 Å².